The zero-order chi connectivity index (χ0) is 16.9. The fraction of sp³-hybridized carbons (Fsp3) is 0.400. The van der Waals surface area contributed by atoms with Crippen LogP contribution >= 0.6 is 0 Å². The van der Waals surface area contributed by atoms with Crippen LogP contribution in [0.1, 0.15) is 17.2 Å². The highest BCUT2D eigenvalue weighted by molar-refractivity contribution is 5.58. The van der Waals surface area contributed by atoms with Crippen molar-refractivity contribution >= 4 is 5.69 Å². The Morgan fingerprint density at radius 3 is 2.38 bits per heavy atom. The van der Waals surface area contributed by atoms with Gasteiger partial charge in [-0.25, -0.2) is 0 Å². The molecule has 0 saturated carbocycles. The first kappa shape index (κ1) is 16.8. The number of piperazine rings is 1. The zero-order valence-electron chi connectivity index (χ0n) is 14.8. The van der Waals surface area contributed by atoms with E-state index in [1.807, 2.05) is 12.1 Å². The van der Waals surface area contributed by atoms with Gasteiger partial charge >= 0.3 is 0 Å². The van der Waals surface area contributed by atoms with Gasteiger partial charge in [0.2, 0.25) is 0 Å². The third kappa shape index (κ3) is 3.55. The monoisotopic (exact) mass is 327 g/mol. The summed E-state index contributed by atoms with van der Waals surface area (Å²) in [6.07, 6.45) is 0. The summed E-state index contributed by atoms with van der Waals surface area (Å²) in [5.74, 6) is 0.966. The Bertz CT molecular complexity index is 648. The molecule has 1 fully saturated rings. The molecule has 0 aromatic heterocycles. The van der Waals surface area contributed by atoms with E-state index < -0.39 is 0 Å². The van der Waals surface area contributed by atoms with Crippen molar-refractivity contribution in [3.05, 3.63) is 59.7 Å². The molecule has 1 aliphatic rings. The number of aryl methyl sites for hydroxylation is 1. The fourth-order valence-electron chi connectivity index (χ4n) is 3.68. The van der Waals surface area contributed by atoms with Crippen molar-refractivity contribution in [1.29, 1.82) is 0 Å². The summed E-state index contributed by atoms with van der Waals surface area (Å²) in [5.41, 5.74) is 8.15. The minimum atomic E-state index is 0.491. The van der Waals surface area contributed by atoms with Crippen LogP contribution in [0, 0.1) is 6.92 Å². The highest BCUT2D eigenvalue weighted by Crippen LogP contribution is 2.27. The van der Waals surface area contributed by atoms with Crippen LogP contribution in [0.5, 0.6) is 5.75 Å². The molecule has 1 aliphatic heterocycles. The summed E-state index contributed by atoms with van der Waals surface area (Å²) in [4.78, 5) is 4.08. The Morgan fingerprint density at radius 1 is 1.08 bits per heavy atom. The summed E-state index contributed by atoms with van der Waals surface area (Å²) in [6.45, 7) is 7.45. The van der Waals surface area contributed by atoms with E-state index in [0.717, 1.165) is 38.5 Å². The standard InChI is InChI=1S/C20H27N3O/c1-16-7-9-17(10-8-16)19(15-21)23-13-11-22(12-14-23)18-5-3-4-6-20(18)24-2/h3-10,19H,11-15,21H2,1-2H3/p+2/t19-/m0/s1. The van der Waals surface area contributed by atoms with Crippen molar-refractivity contribution in [3.8, 4) is 5.75 Å². The number of rotatable bonds is 5. The molecule has 24 heavy (non-hydrogen) atoms. The summed E-state index contributed by atoms with van der Waals surface area (Å²) < 4.78 is 5.52. The van der Waals surface area contributed by atoms with Crippen LogP contribution in [0.2, 0.25) is 0 Å². The maximum Gasteiger partial charge on any atom is 0.163 e. The number of nitrogens with one attached hydrogen (secondary N) is 1. The van der Waals surface area contributed by atoms with Crippen molar-refractivity contribution in [2.75, 3.05) is 44.7 Å². The number of methoxy groups -OCH3 is 1. The Hall–Kier alpha value is -2.04. The number of benzene rings is 2. The average molecular weight is 327 g/mol. The van der Waals surface area contributed by atoms with Crippen LogP contribution in [0.15, 0.2) is 48.5 Å². The number of hydrogen-bond acceptors (Lipinski definition) is 2. The predicted octanol–water partition coefficient (Wildman–Crippen LogP) is 0.692. The lowest BCUT2D eigenvalue weighted by Crippen LogP contribution is -3.16. The number of nitrogens with zero attached hydrogens (tertiary/aromatic N) is 1. The molecule has 0 aliphatic carbocycles. The highest BCUT2D eigenvalue weighted by atomic mass is 16.5. The van der Waals surface area contributed by atoms with Crippen LogP contribution in [0.4, 0.5) is 5.69 Å². The molecule has 2 aromatic carbocycles. The minimum Gasteiger partial charge on any atom is -0.495 e. The lowest BCUT2D eigenvalue weighted by molar-refractivity contribution is -0.938. The van der Waals surface area contributed by atoms with Gasteiger partial charge < -0.3 is 20.3 Å². The topological polar surface area (TPSA) is 44.5 Å². The smallest absolute Gasteiger partial charge is 0.163 e. The molecule has 0 amide bonds. The van der Waals surface area contributed by atoms with Gasteiger partial charge in [0.1, 0.15) is 12.3 Å². The first-order valence-corrected chi connectivity index (χ1v) is 8.81. The maximum absolute atomic E-state index is 5.52. The Balaban J connectivity index is 1.68. The summed E-state index contributed by atoms with van der Waals surface area (Å²) in [5, 5.41) is 0. The highest BCUT2D eigenvalue weighted by Gasteiger charge is 2.29. The van der Waals surface area contributed by atoms with Crippen molar-refractivity contribution in [2.24, 2.45) is 0 Å². The molecule has 4 N–H and O–H groups in total. The van der Waals surface area contributed by atoms with E-state index in [-0.39, 0.29) is 0 Å². The van der Waals surface area contributed by atoms with Crippen LogP contribution in [-0.4, -0.2) is 39.8 Å². The van der Waals surface area contributed by atoms with E-state index in [0.29, 0.717) is 6.04 Å². The van der Waals surface area contributed by atoms with Crippen molar-refractivity contribution in [1.82, 2.24) is 0 Å². The van der Waals surface area contributed by atoms with Crippen LogP contribution < -0.4 is 20.3 Å². The van der Waals surface area contributed by atoms with Gasteiger partial charge in [0.05, 0.1) is 39.0 Å². The molecule has 0 radical (unpaired) electrons. The Labute approximate surface area is 144 Å². The fourth-order valence-corrected chi connectivity index (χ4v) is 3.68. The van der Waals surface area contributed by atoms with Crippen molar-refractivity contribution in [3.63, 3.8) is 0 Å². The van der Waals surface area contributed by atoms with Gasteiger partial charge in [-0.3, -0.25) is 0 Å². The van der Waals surface area contributed by atoms with Crippen molar-refractivity contribution in [2.45, 2.75) is 13.0 Å². The molecule has 4 nitrogen and oxygen atoms in total. The first-order chi connectivity index (χ1) is 11.7. The number of hydrogen-bond donors (Lipinski definition) is 2. The van der Waals surface area contributed by atoms with Gasteiger partial charge in [0.15, 0.2) is 6.04 Å². The number of quaternary nitrogens is 2. The second-order valence-corrected chi connectivity index (χ2v) is 6.57. The third-order valence-corrected chi connectivity index (χ3v) is 5.09. The Morgan fingerprint density at radius 2 is 1.75 bits per heavy atom. The first-order valence-electron chi connectivity index (χ1n) is 8.81. The summed E-state index contributed by atoms with van der Waals surface area (Å²) >= 11 is 0. The van der Waals surface area contributed by atoms with E-state index in [9.17, 15) is 0 Å². The van der Waals surface area contributed by atoms with Crippen LogP contribution in [-0.2, 0) is 0 Å². The van der Waals surface area contributed by atoms with E-state index in [1.165, 1.54) is 16.8 Å². The minimum absolute atomic E-state index is 0.491. The number of para-hydroxylation sites is 2. The van der Waals surface area contributed by atoms with Gasteiger partial charge in [0.25, 0.3) is 0 Å². The van der Waals surface area contributed by atoms with Crippen LogP contribution in [0.25, 0.3) is 0 Å². The Kier molecular flexibility index (Phi) is 5.38. The zero-order valence-corrected chi connectivity index (χ0v) is 14.8. The van der Waals surface area contributed by atoms with Gasteiger partial charge in [-0.1, -0.05) is 42.0 Å². The number of anilines is 1. The van der Waals surface area contributed by atoms with E-state index in [2.05, 4.69) is 54.0 Å². The molecule has 4 heteroatoms. The maximum atomic E-state index is 5.52. The van der Waals surface area contributed by atoms with Crippen molar-refractivity contribution < 1.29 is 15.4 Å². The molecular formula is C20H29N3O+2. The summed E-state index contributed by atoms with van der Waals surface area (Å²) in [7, 11) is 1.75. The molecule has 1 heterocycles. The molecule has 0 unspecified atom stereocenters. The van der Waals surface area contributed by atoms with Gasteiger partial charge in [-0.15, -0.1) is 0 Å². The van der Waals surface area contributed by atoms with Gasteiger partial charge in [0, 0.05) is 5.56 Å². The molecule has 0 spiro atoms. The van der Waals surface area contributed by atoms with Crippen LogP contribution in [0.3, 0.4) is 0 Å². The van der Waals surface area contributed by atoms with Gasteiger partial charge in [-0.05, 0) is 19.1 Å². The largest absolute Gasteiger partial charge is 0.495 e. The molecule has 1 atom stereocenters. The quantitative estimate of drug-likeness (QED) is 0.849. The van der Waals surface area contributed by atoms with Gasteiger partial charge in [-0.2, -0.15) is 0 Å². The lowest BCUT2D eigenvalue weighted by atomic mass is 10.0. The SMILES string of the molecule is COc1ccccc1N1CC[NH+]([C@@H](C[NH3+])c2ccc(C)cc2)CC1. The summed E-state index contributed by atoms with van der Waals surface area (Å²) in [6, 6.07) is 17.8. The van der Waals surface area contributed by atoms with E-state index in [4.69, 9.17) is 4.74 Å². The lowest BCUT2D eigenvalue weighted by Gasteiger charge is -2.37. The number of ether oxygens (including phenoxy) is 1. The molecule has 0 bridgehead atoms. The van der Waals surface area contributed by atoms with E-state index >= 15 is 0 Å². The average Bonchev–Trinajstić information content (AvgIpc) is 2.64. The molecule has 2 aromatic rings. The molecule has 1 saturated heterocycles. The second kappa shape index (κ2) is 7.69. The molecule has 128 valence electrons. The molecular weight excluding hydrogens is 298 g/mol. The normalized spacial score (nSPS) is 16.9. The predicted molar refractivity (Wildman–Crippen MR) is 97.6 cm³/mol. The third-order valence-electron chi connectivity index (χ3n) is 5.09. The van der Waals surface area contributed by atoms with E-state index in [1.54, 1.807) is 12.0 Å². The molecule has 3 rings (SSSR count). The second-order valence-electron chi connectivity index (χ2n) is 6.57.